The van der Waals surface area contributed by atoms with E-state index >= 15 is 0 Å². The summed E-state index contributed by atoms with van der Waals surface area (Å²) < 4.78 is 18.5. The molecular weight excluding hydrogens is 1240 g/mol. The molecule has 3 N–H and O–H groups in total. The molecule has 0 saturated carbocycles. The summed E-state index contributed by atoms with van der Waals surface area (Å²) in [5.41, 5.74) is 5.53. The zero-order valence-electron chi connectivity index (χ0n) is 67.6. The number of hydrogen-bond acceptors (Lipinski definition) is 9. The van der Waals surface area contributed by atoms with Gasteiger partial charge in [0.25, 0.3) is 0 Å². The van der Waals surface area contributed by atoms with E-state index in [1.54, 1.807) is 23.9 Å². The lowest BCUT2D eigenvalue weighted by Gasteiger charge is -2.09. The van der Waals surface area contributed by atoms with Gasteiger partial charge < -0.3 is 33.6 Å². The highest BCUT2D eigenvalue weighted by Crippen LogP contribution is 2.19. The number of hydrogen-bond donors (Lipinski definition) is 3. The number of furan rings is 1. The number of aromatic amines is 2. The van der Waals surface area contributed by atoms with Crippen LogP contribution in [0.15, 0.2) is 187 Å². The first kappa shape index (κ1) is 114. The third-order valence-electron chi connectivity index (χ3n) is 9.28. The van der Waals surface area contributed by atoms with Crippen LogP contribution in [0.3, 0.4) is 0 Å². The fraction of sp³-hybridized carbons (Fsp3) is 0.530. The maximum absolute atomic E-state index is 5.12. The number of nitrogens with zero attached hydrogens (tertiary/aromatic N) is 2. The van der Waals surface area contributed by atoms with Crippen LogP contribution in [0.2, 0.25) is 0 Å². The summed E-state index contributed by atoms with van der Waals surface area (Å²) in [6.45, 7) is 69.5. The highest BCUT2D eigenvalue weighted by Gasteiger charge is 1.97. The third kappa shape index (κ3) is 70.2. The maximum Gasteiger partial charge on any atom is 0.133 e. The van der Waals surface area contributed by atoms with Gasteiger partial charge in [-0.3, -0.25) is 0 Å². The lowest BCUT2D eigenvalue weighted by molar-refractivity contribution is -0.0334. The third-order valence-corrected chi connectivity index (χ3v) is 13.7. The Hall–Kier alpha value is -4.92. The quantitative estimate of drug-likeness (QED) is 0.138. The summed E-state index contributed by atoms with van der Waals surface area (Å²) in [5, 5.41) is 9.17. The largest absolute Gasteiger partial charge is 0.464 e. The van der Waals surface area contributed by atoms with Gasteiger partial charge in [0.2, 0.25) is 0 Å². The molecule has 0 atom stereocenters. The minimum Gasteiger partial charge on any atom is -0.464 e. The van der Waals surface area contributed by atoms with E-state index in [2.05, 4.69) is 114 Å². The van der Waals surface area contributed by atoms with Gasteiger partial charge >= 0.3 is 0 Å². The van der Waals surface area contributed by atoms with Crippen LogP contribution in [0.1, 0.15) is 222 Å². The molecule has 8 nitrogen and oxygen atoms in total. The van der Waals surface area contributed by atoms with Gasteiger partial charge in [0.1, 0.15) is 5.58 Å². The van der Waals surface area contributed by atoms with Crippen molar-refractivity contribution in [1.29, 1.82) is 0 Å². The summed E-state index contributed by atoms with van der Waals surface area (Å²) >= 11 is 7.97. The van der Waals surface area contributed by atoms with E-state index in [-0.39, 0.29) is 0 Å². The van der Waals surface area contributed by atoms with Gasteiger partial charge in [0.15, 0.2) is 0 Å². The summed E-state index contributed by atoms with van der Waals surface area (Å²) in [5.74, 6) is 8.13. The molecule has 9 heterocycles. The molecule has 13 rings (SSSR count). The van der Waals surface area contributed by atoms with Crippen LogP contribution in [0.4, 0.5) is 0 Å². The summed E-state index contributed by atoms with van der Waals surface area (Å²) in [6.07, 6.45) is 9.42. The second-order valence-electron chi connectivity index (χ2n) is 13.8. The van der Waals surface area contributed by atoms with Crippen LogP contribution < -0.4 is 5.32 Å². The highest BCUT2D eigenvalue weighted by atomic mass is 32.2. The average molecular weight is 1400 g/mol. The number of para-hydroxylation sites is 4. The van der Waals surface area contributed by atoms with Crippen LogP contribution in [0.25, 0.3) is 48.5 Å². The SMILES string of the molecule is C1COCCO1.C1CSCCN1.C1CSCCS1.CC.CC.CC.CC.CC.CC.CC.CC.CC.CC.CC.CC.CC.CC.CC.CC.c1ccc2[nH]ccc2c1.c1ccc2[nH]cnc2c1.c1ccc2occc2c1.c1ccc2sccc2c1.c1ccn2cccc2c1. The van der Waals surface area contributed by atoms with Gasteiger partial charge in [0, 0.05) is 87.3 Å². The Morgan fingerprint density at radius 1 is 0.358 bits per heavy atom. The number of benzene rings is 4. The van der Waals surface area contributed by atoms with E-state index in [4.69, 9.17) is 13.9 Å². The van der Waals surface area contributed by atoms with E-state index in [1.807, 2.05) is 337 Å². The lowest BCUT2D eigenvalue weighted by atomic mass is 10.3. The molecule has 0 bridgehead atoms. The number of nitrogens with one attached hydrogen (secondary N) is 3. The molecule has 95 heavy (non-hydrogen) atoms. The van der Waals surface area contributed by atoms with E-state index in [0.29, 0.717) is 0 Å². The van der Waals surface area contributed by atoms with Crippen molar-refractivity contribution in [1.82, 2.24) is 24.7 Å². The summed E-state index contributed by atoms with van der Waals surface area (Å²) in [4.78, 5) is 10.2. The number of ether oxygens (including phenoxy) is 2. The predicted octanol–water partition coefficient (Wildman–Crippen LogP) is 29.2. The lowest BCUT2D eigenvalue weighted by Crippen LogP contribution is -2.24. The number of aromatic nitrogens is 4. The van der Waals surface area contributed by atoms with Gasteiger partial charge in [0.05, 0.1) is 50.1 Å². The fourth-order valence-electron chi connectivity index (χ4n) is 6.06. The highest BCUT2D eigenvalue weighted by molar-refractivity contribution is 8.06. The molecular formula is C83H153N5O3S4. The first-order valence-corrected chi connectivity index (χ1v) is 41.5. The second-order valence-corrected chi connectivity index (χ2v) is 18.4. The zero-order chi connectivity index (χ0) is 75.3. The number of rotatable bonds is 0. The van der Waals surface area contributed by atoms with Crippen molar-refractivity contribution in [3.8, 4) is 0 Å². The molecule has 0 amide bonds. The smallest absolute Gasteiger partial charge is 0.133 e. The van der Waals surface area contributed by atoms with Crippen molar-refractivity contribution in [2.24, 2.45) is 0 Å². The molecule has 10 aromatic rings. The van der Waals surface area contributed by atoms with E-state index < -0.39 is 0 Å². The summed E-state index contributed by atoms with van der Waals surface area (Å²) in [7, 11) is 0. The van der Waals surface area contributed by atoms with Crippen molar-refractivity contribution in [3.05, 3.63) is 182 Å². The standard InChI is InChI=1S/2C8H7N.C8H6O.C8H6S.C7H6N2.C4H9NS.C4H8O2.C4H8S2.16C2H6/c1-2-6-9-7-3-5-8(9)4-1;3*1-2-4-8-7(3-1)5-6-9-8;1-2-4-7-6(3-1)8-5-9-7;1-3-6-4-2-5-1;2*1-2-6-4-3-5-1;16*1-2/h1-7H;1-6,9H;2*1-6H;1-5H,(H,8,9);5H,1-4H2;2*1-4H2;16*1-2H3. The average Bonchev–Trinajstić information content (AvgIpc) is 4.59. The Morgan fingerprint density at radius 2 is 0.768 bits per heavy atom. The van der Waals surface area contributed by atoms with Crippen LogP contribution in [-0.4, -0.2) is 93.4 Å². The molecule has 6 aromatic heterocycles. The zero-order valence-corrected chi connectivity index (χ0v) is 70.8. The number of H-pyrrole nitrogens is 2. The minimum absolute atomic E-state index is 0.778. The normalized spacial score (nSPS) is 10.4. The molecule has 0 aliphatic carbocycles. The molecule has 3 fully saturated rings. The molecule has 3 aliphatic rings. The topological polar surface area (TPSA) is 92.5 Å². The van der Waals surface area contributed by atoms with Gasteiger partial charge in [-0.1, -0.05) is 294 Å². The number of imidazole rings is 1. The number of pyridine rings is 1. The maximum atomic E-state index is 5.12. The van der Waals surface area contributed by atoms with Crippen molar-refractivity contribution in [2.75, 3.05) is 74.0 Å². The Bertz CT molecular complexity index is 2070. The molecule has 4 aromatic carbocycles. The van der Waals surface area contributed by atoms with Crippen molar-refractivity contribution < 1.29 is 13.9 Å². The van der Waals surface area contributed by atoms with Crippen LogP contribution in [-0.2, 0) is 9.47 Å². The number of fused-ring (bicyclic) bond motifs is 5. The van der Waals surface area contributed by atoms with Crippen molar-refractivity contribution in [3.63, 3.8) is 0 Å². The Morgan fingerprint density at radius 3 is 1.19 bits per heavy atom. The predicted molar refractivity (Wildman–Crippen MR) is 458 cm³/mol. The van der Waals surface area contributed by atoms with Crippen molar-refractivity contribution in [2.45, 2.75) is 222 Å². The van der Waals surface area contributed by atoms with Gasteiger partial charge in [-0.15, -0.1) is 11.3 Å². The van der Waals surface area contributed by atoms with Crippen molar-refractivity contribution >= 4 is 95.1 Å². The van der Waals surface area contributed by atoms with E-state index in [1.165, 1.54) is 74.1 Å². The van der Waals surface area contributed by atoms with Gasteiger partial charge in [-0.2, -0.15) is 35.3 Å². The number of thioether (sulfide) groups is 3. The Labute approximate surface area is 607 Å². The number of thiophene rings is 1. The summed E-state index contributed by atoms with van der Waals surface area (Å²) in [6, 6.07) is 48.9. The van der Waals surface area contributed by atoms with Gasteiger partial charge in [-0.25, -0.2) is 4.98 Å². The first-order valence-electron chi connectivity index (χ1n) is 37.2. The minimum atomic E-state index is 0.778. The molecule has 0 spiro atoms. The molecule has 3 aliphatic heterocycles. The van der Waals surface area contributed by atoms with Crippen LogP contribution in [0, 0.1) is 0 Å². The Kier molecular flexibility index (Phi) is 136. The molecule has 552 valence electrons. The van der Waals surface area contributed by atoms with Gasteiger partial charge in [-0.05, 0) is 88.9 Å². The second kappa shape index (κ2) is 113. The van der Waals surface area contributed by atoms with Crippen LogP contribution >= 0.6 is 46.6 Å². The van der Waals surface area contributed by atoms with Crippen LogP contribution in [0.5, 0.6) is 0 Å². The fourth-order valence-corrected chi connectivity index (χ4v) is 9.93. The molecule has 3 saturated heterocycles. The monoisotopic (exact) mass is 1400 g/mol. The van der Waals surface area contributed by atoms with E-state index in [0.717, 1.165) is 48.4 Å². The molecule has 0 radical (unpaired) electrons. The molecule has 12 heteroatoms. The Balaban J connectivity index is -0.0000000892. The molecule has 0 unspecified atom stereocenters. The first-order chi connectivity index (χ1) is 47.3. The van der Waals surface area contributed by atoms with E-state index in [9.17, 15) is 0 Å².